The number of ether oxygens (including phenoxy) is 2. The summed E-state index contributed by atoms with van der Waals surface area (Å²) in [5.41, 5.74) is 0. The summed E-state index contributed by atoms with van der Waals surface area (Å²) in [5.74, 6) is 1.37. The van der Waals surface area contributed by atoms with Gasteiger partial charge in [-0.3, -0.25) is 4.79 Å². The monoisotopic (exact) mass is 281 g/mol. The first kappa shape index (κ1) is 16.3. The number of carbonyl (C=O) groups excluding carboxylic acids is 1. The van der Waals surface area contributed by atoms with Crippen molar-refractivity contribution in [2.45, 2.75) is 38.8 Å². The molecule has 1 rings (SSSR count). The van der Waals surface area contributed by atoms with E-state index in [0.717, 1.165) is 11.5 Å². The normalized spacial score (nSPS) is 13.4. The number of benzene rings is 1. The number of hydrogen-bond acceptors (Lipinski definition) is 4. The topological polar surface area (TPSA) is 67.8 Å². The molecule has 20 heavy (non-hydrogen) atoms. The minimum atomic E-state index is -0.609. The Labute approximate surface area is 119 Å². The Morgan fingerprint density at radius 1 is 1.30 bits per heavy atom. The number of carbonyl (C=O) groups is 1. The average Bonchev–Trinajstić information content (AvgIpc) is 2.45. The van der Waals surface area contributed by atoms with Crippen LogP contribution in [-0.2, 0) is 4.79 Å². The minimum Gasteiger partial charge on any atom is -0.497 e. The van der Waals surface area contributed by atoms with E-state index >= 15 is 0 Å². The zero-order valence-electron chi connectivity index (χ0n) is 12.3. The minimum absolute atomic E-state index is 0.132. The quantitative estimate of drug-likeness (QED) is 0.761. The highest BCUT2D eigenvalue weighted by Gasteiger charge is 2.17. The van der Waals surface area contributed by atoms with Crippen LogP contribution in [0.3, 0.4) is 0 Å². The molecule has 0 saturated carbocycles. The molecule has 0 bridgehead atoms. The van der Waals surface area contributed by atoms with E-state index in [1.807, 2.05) is 31.2 Å². The molecule has 0 saturated heterocycles. The second-order valence-corrected chi connectivity index (χ2v) is 4.60. The maximum Gasteiger partial charge on any atom is 0.217 e. The molecule has 2 atom stereocenters. The molecule has 1 aromatic rings. The third-order valence-electron chi connectivity index (χ3n) is 3.03. The van der Waals surface area contributed by atoms with Gasteiger partial charge in [0.1, 0.15) is 11.5 Å². The lowest BCUT2D eigenvalue weighted by molar-refractivity contribution is -0.120. The van der Waals surface area contributed by atoms with Crippen LogP contribution in [0.4, 0.5) is 0 Å². The molecular weight excluding hydrogens is 258 g/mol. The van der Waals surface area contributed by atoms with Crippen LogP contribution in [0.5, 0.6) is 11.5 Å². The van der Waals surface area contributed by atoms with Crippen LogP contribution in [0.25, 0.3) is 0 Å². The molecule has 2 N–H and O–H groups in total. The van der Waals surface area contributed by atoms with E-state index in [1.54, 1.807) is 7.11 Å². The number of methoxy groups -OCH3 is 1. The number of hydrogen-bond donors (Lipinski definition) is 2. The largest absolute Gasteiger partial charge is 0.497 e. The molecule has 5 nitrogen and oxygen atoms in total. The van der Waals surface area contributed by atoms with Crippen LogP contribution in [0.1, 0.15) is 26.7 Å². The summed E-state index contributed by atoms with van der Waals surface area (Å²) in [5, 5.41) is 12.7. The van der Waals surface area contributed by atoms with Crippen LogP contribution in [0.2, 0.25) is 0 Å². The summed E-state index contributed by atoms with van der Waals surface area (Å²) in [6, 6.07) is 7.04. The molecule has 0 unspecified atom stereocenters. The van der Waals surface area contributed by atoms with E-state index in [0.29, 0.717) is 19.4 Å². The highest BCUT2D eigenvalue weighted by Crippen LogP contribution is 2.17. The fraction of sp³-hybridized carbons (Fsp3) is 0.533. The van der Waals surface area contributed by atoms with Crippen LogP contribution in [-0.4, -0.2) is 36.9 Å². The molecule has 0 fully saturated rings. The summed E-state index contributed by atoms with van der Waals surface area (Å²) in [6.07, 6.45) is 0.538. The van der Waals surface area contributed by atoms with Crippen molar-refractivity contribution in [2.24, 2.45) is 0 Å². The van der Waals surface area contributed by atoms with Crippen LogP contribution in [0.15, 0.2) is 24.3 Å². The maximum absolute atomic E-state index is 11.0. The number of aliphatic hydroxyl groups excluding tert-OH is 1. The highest BCUT2D eigenvalue weighted by atomic mass is 16.5. The summed E-state index contributed by atoms with van der Waals surface area (Å²) >= 11 is 0. The molecule has 112 valence electrons. The zero-order chi connectivity index (χ0) is 15.0. The van der Waals surface area contributed by atoms with Crippen molar-refractivity contribution >= 4 is 5.91 Å². The number of amides is 1. The van der Waals surface area contributed by atoms with E-state index in [9.17, 15) is 9.90 Å². The second-order valence-electron chi connectivity index (χ2n) is 4.60. The first-order chi connectivity index (χ1) is 9.56. The van der Waals surface area contributed by atoms with Gasteiger partial charge < -0.3 is 19.9 Å². The van der Waals surface area contributed by atoms with Crippen LogP contribution >= 0.6 is 0 Å². The van der Waals surface area contributed by atoms with Gasteiger partial charge in [0.2, 0.25) is 5.91 Å². The standard InChI is InChI=1S/C15H23NO4/c1-4-14(16-11(2)17)15(18)9-10-20-13-7-5-12(19-3)6-8-13/h5-8,14-15,18H,4,9-10H2,1-3H3,(H,16,17)/t14-,15-/m1/s1. The van der Waals surface area contributed by atoms with Gasteiger partial charge in [-0.25, -0.2) is 0 Å². The molecule has 0 aromatic heterocycles. The van der Waals surface area contributed by atoms with Crippen molar-refractivity contribution in [3.63, 3.8) is 0 Å². The van der Waals surface area contributed by atoms with Gasteiger partial charge in [0, 0.05) is 13.3 Å². The Bertz CT molecular complexity index is 405. The van der Waals surface area contributed by atoms with Gasteiger partial charge >= 0.3 is 0 Å². The van der Waals surface area contributed by atoms with Gasteiger partial charge in [-0.15, -0.1) is 0 Å². The first-order valence-electron chi connectivity index (χ1n) is 6.78. The summed E-state index contributed by atoms with van der Waals surface area (Å²) < 4.78 is 10.6. The summed E-state index contributed by atoms with van der Waals surface area (Å²) in [6.45, 7) is 3.76. The van der Waals surface area contributed by atoms with E-state index in [-0.39, 0.29) is 11.9 Å². The Balaban J connectivity index is 2.36. The Kier molecular flexibility index (Phi) is 6.87. The molecule has 5 heteroatoms. The Morgan fingerprint density at radius 3 is 2.40 bits per heavy atom. The molecule has 0 heterocycles. The maximum atomic E-state index is 11.0. The van der Waals surface area contributed by atoms with Crippen molar-refractivity contribution in [3.8, 4) is 11.5 Å². The van der Waals surface area contributed by atoms with E-state index in [4.69, 9.17) is 9.47 Å². The number of rotatable bonds is 8. The van der Waals surface area contributed by atoms with Gasteiger partial charge in [0.15, 0.2) is 0 Å². The third kappa shape index (κ3) is 5.48. The summed E-state index contributed by atoms with van der Waals surface area (Å²) in [4.78, 5) is 11.0. The lowest BCUT2D eigenvalue weighted by Gasteiger charge is -2.22. The molecular formula is C15H23NO4. The molecule has 0 aliphatic carbocycles. The molecule has 0 spiro atoms. The lowest BCUT2D eigenvalue weighted by Crippen LogP contribution is -2.42. The van der Waals surface area contributed by atoms with Gasteiger partial charge in [-0.2, -0.15) is 0 Å². The van der Waals surface area contributed by atoms with E-state index in [2.05, 4.69) is 5.32 Å². The third-order valence-corrected chi connectivity index (χ3v) is 3.03. The number of aliphatic hydroxyl groups is 1. The van der Waals surface area contributed by atoms with E-state index < -0.39 is 6.10 Å². The van der Waals surface area contributed by atoms with Gasteiger partial charge in [-0.05, 0) is 30.7 Å². The number of nitrogens with one attached hydrogen (secondary N) is 1. The Morgan fingerprint density at radius 2 is 1.90 bits per heavy atom. The molecule has 1 aromatic carbocycles. The van der Waals surface area contributed by atoms with Crippen molar-refractivity contribution in [3.05, 3.63) is 24.3 Å². The van der Waals surface area contributed by atoms with Crippen molar-refractivity contribution < 1.29 is 19.4 Å². The van der Waals surface area contributed by atoms with Gasteiger partial charge in [-0.1, -0.05) is 6.92 Å². The van der Waals surface area contributed by atoms with Gasteiger partial charge in [0.05, 0.1) is 25.9 Å². The van der Waals surface area contributed by atoms with Crippen molar-refractivity contribution in [1.82, 2.24) is 5.32 Å². The fourth-order valence-corrected chi connectivity index (χ4v) is 1.90. The smallest absolute Gasteiger partial charge is 0.217 e. The molecule has 0 aliphatic rings. The van der Waals surface area contributed by atoms with Gasteiger partial charge in [0.25, 0.3) is 0 Å². The SMILES string of the molecule is CC[C@@H](NC(C)=O)[C@H](O)CCOc1ccc(OC)cc1. The first-order valence-corrected chi connectivity index (χ1v) is 6.78. The van der Waals surface area contributed by atoms with E-state index in [1.165, 1.54) is 6.92 Å². The average molecular weight is 281 g/mol. The second kappa shape index (κ2) is 8.43. The molecule has 1 amide bonds. The Hall–Kier alpha value is -1.75. The summed E-state index contributed by atoms with van der Waals surface area (Å²) in [7, 11) is 1.61. The van der Waals surface area contributed by atoms with Crippen molar-refractivity contribution in [1.29, 1.82) is 0 Å². The zero-order valence-corrected chi connectivity index (χ0v) is 12.3. The predicted molar refractivity (Wildman–Crippen MR) is 77.0 cm³/mol. The lowest BCUT2D eigenvalue weighted by atomic mass is 10.1. The highest BCUT2D eigenvalue weighted by molar-refractivity contribution is 5.73. The van der Waals surface area contributed by atoms with Crippen molar-refractivity contribution in [2.75, 3.05) is 13.7 Å². The molecule has 0 aliphatic heterocycles. The van der Waals surface area contributed by atoms with Crippen LogP contribution < -0.4 is 14.8 Å². The fourth-order valence-electron chi connectivity index (χ4n) is 1.90. The predicted octanol–water partition coefficient (Wildman–Crippen LogP) is 1.74. The van der Waals surface area contributed by atoms with Crippen LogP contribution in [0, 0.1) is 0 Å². The molecule has 0 radical (unpaired) electrons.